The predicted octanol–water partition coefficient (Wildman–Crippen LogP) is 2.82. The van der Waals surface area contributed by atoms with Gasteiger partial charge in [-0.05, 0) is 52.8 Å². The van der Waals surface area contributed by atoms with Gasteiger partial charge < -0.3 is 0 Å². The van der Waals surface area contributed by atoms with Gasteiger partial charge in [0.05, 0.1) is 0 Å². The Kier molecular flexibility index (Phi) is 3.83. The third-order valence-corrected chi connectivity index (χ3v) is 3.03. The van der Waals surface area contributed by atoms with Crippen LogP contribution < -0.4 is 0 Å². The van der Waals surface area contributed by atoms with Gasteiger partial charge in [0, 0.05) is 22.4 Å². The second kappa shape index (κ2) is 5.35. The van der Waals surface area contributed by atoms with Gasteiger partial charge in [0.2, 0.25) is 5.78 Å². The molecule has 0 radical (unpaired) electrons. The summed E-state index contributed by atoms with van der Waals surface area (Å²) < 4.78 is 1.16. The van der Waals surface area contributed by atoms with Crippen molar-refractivity contribution in [3.8, 4) is 0 Å². The van der Waals surface area contributed by atoms with Gasteiger partial charge >= 0.3 is 0 Å². The molecule has 1 aromatic carbocycles. The van der Waals surface area contributed by atoms with Crippen molar-refractivity contribution >= 4 is 28.4 Å². The van der Waals surface area contributed by atoms with Gasteiger partial charge in [-0.2, -0.15) is 0 Å². The number of halogens is 1. The molecule has 0 saturated heterocycles. The molecule has 2 rings (SSSR count). The summed E-state index contributed by atoms with van der Waals surface area (Å²) in [7, 11) is 0. The second-order valence-electron chi connectivity index (χ2n) is 3.81. The smallest absolute Gasteiger partial charge is 0.204 e. The monoisotopic (exact) mass is 338 g/mol. The van der Waals surface area contributed by atoms with E-state index in [0.29, 0.717) is 6.42 Å². The zero-order valence-electron chi connectivity index (χ0n) is 9.35. The number of benzene rings is 1. The van der Waals surface area contributed by atoms with E-state index in [2.05, 4.69) is 32.6 Å². The van der Waals surface area contributed by atoms with Crippen LogP contribution in [0.4, 0.5) is 0 Å². The van der Waals surface area contributed by atoms with Crippen molar-refractivity contribution in [2.24, 2.45) is 0 Å². The Morgan fingerprint density at radius 2 is 1.76 bits per heavy atom. The van der Waals surface area contributed by atoms with E-state index in [1.165, 1.54) is 0 Å². The first kappa shape index (κ1) is 12.2. The van der Waals surface area contributed by atoms with Crippen LogP contribution in [0.15, 0.2) is 36.7 Å². The van der Waals surface area contributed by atoms with Crippen molar-refractivity contribution in [1.29, 1.82) is 0 Å². The lowest BCUT2D eigenvalue weighted by atomic mass is 10.1. The maximum absolute atomic E-state index is 11.9. The molecule has 1 heterocycles. The number of aromatic nitrogens is 2. The van der Waals surface area contributed by atoms with Crippen molar-refractivity contribution in [2.45, 2.75) is 13.3 Å². The first-order valence-corrected chi connectivity index (χ1v) is 6.29. The van der Waals surface area contributed by atoms with Gasteiger partial charge in [-0.25, -0.2) is 9.97 Å². The van der Waals surface area contributed by atoms with Gasteiger partial charge in [-0.1, -0.05) is 12.1 Å². The molecule has 0 N–H and O–H groups in total. The lowest BCUT2D eigenvalue weighted by molar-refractivity contribution is 0.0983. The zero-order valence-corrected chi connectivity index (χ0v) is 11.5. The fourth-order valence-corrected chi connectivity index (χ4v) is 1.76. The SMILES string of the molecule is Cc1cnc(C(=O)Cc2ccc(I)cc2)nc1. The van der Waals surface area contributed by atoms with Crippen molar-refractivity contribution in [2.75, 3.05) is 0 Å². The molecule has 0 aliphatic heterocycles. The van der Waals surface area contributed by atoms with Gasteiger partial charge in [-0.15, -0.1) is 0 Å². The third kappa shape index (κ3) is 3.33. The molecule has 0 atom stereocenters. The highest BCUT2D eigenvalue weighted by atomic mass is 127. The average Bonchev–Trinajstić information content (AvgIpc) is 2.33. The van der Waals surface area contributed by atoms with Gasteiger partial charge in [0.25, 0.3) is 0 Å². The molecular formula is C13H11IN2O. The summed E-state index contributed by atoms with van der Waals surface area (Å²) in [5, 5.41) is 0. The first-order chi connectivity index (χ1) is 8.15. The Morgan fingerprint density at radius 1 is 1.18 bits per heavy atom. The fraction of sp³-hybridized carbons (Fsp3) is 0.154. The summed E-state index contributed by atoms with van der Waals surface area (Å²) in [6.45, 7) is 1.90. The molecule has 17 heavy (non-hydrogen) atoms. The molecule has 0 aliphatic carbocycles. The topological polar surface area (TPSA) is 42.9 Å². The summed E-state index contributed by atoms with van der Waals surface area (Å²) in [4.78, 5) is 19.9. The van der Waals surface area contributed by atoms with Crippen molar-refractivity contribution in [3.05, 3.63) is 57.2 Å². The van der Waals surface area contributed by atoms with Crippen molar-refractivity contribution in [3.63, 3.8) is 0 Å². The summed E-state index contributed by atoms with van der Waals surface area (Å²) in [5.41, 5.74) is 1.94. The molecule has 0 amide bonds. The number of Topliss-reactive ketones (excluding diaryl/α,β-unsaturated/α-hetero) is 1. The highest BCUT2D eigenvalue weighted by molar-refractivity contribution is 14.1. The van der Waals surface area contributed by atoms with E-state index in [4.69, 9.17) is 0 Å². The normalized spacial score (nSPS) is 10.2. The lowest BCUT2D eigenvalue weighted by Crippen LogP contribution is -2.08. The molecule has 0 aliphatic rings. The molecule has 86 valence electrons. The number of carbonyl (C=O) groups is 1. The highest BCUT2D eigenvalue weighted by Gasteiger charge is 2.09. The second-order valence-corrected chi connectivity index (χ2v) is 5.06. The summed E-state index contributed by atoms with van der Waals surface area (Å²) in [5.74, 6) is 0.236. The molecule has 0 unspecified atom stereocenters. The van der Waals surface area contributed by atoms with Crippen LogP contribution in [0, 0.1) is 10.5 Å². The third-order valence-electron chi connectivity index (χ3n) is 2.31. The molecule has 4 heteroatoms. The van der Waals surface area contributed by atoms with Crippen LogP contribution in [-0.2, 0) is 6.42 Å². The summed E-state index contributed by atoms with van der Waals surface area (Å²) in [6.07, 6.45) is 3.67. The standard InChI is InChI=1S/C13H11IN2O/c1-9-7-15-13(16-8-9)12(17)6-10-2-4-11(14)5-3-10/h2-5,7-8H,6H2,1H3. The Morgan fingerprint density at radius 3 is 2.35 bits per heavy atom. The molecule has 1 aromatic heterocycles. The number of hydrogen-bond donors (Lipinski definition) is 0. The van der Waals surface area contributed by atoms with Gasteiger partial charge in [-0.3, -0.25) is 4.79 Å². The molecule has 3 nitrogen and oxygen atoms in total. The van der Waals surface area contributed by atoms with Gasteiger partial charge in [0.15, 0.2) is 5.82 Å². The van der Waals surface area contributed by atoms with Crippen LogP contribution in [0.5, 0.6) is 0 Å². The van der Waals surface area contributed by atoms with E-state index in [9.17, 15) is 4.79 Å². The molecule has 0 saturated carbocycles. The first-order valence-electron chi connectivity index (χ1n) is 5.21. The van der Waals surface area contributed by atoms with E-state index >= 15 is 0 Å². The van der Waals surface area contributed by atoms with E-state index in [0.717, 1.165) is 14.7 Å². The Hall–Kier alpha value is -1.30. The van der Waals surface area contributed by atoms with Crippen molar-refractivity contribution < 1.29 is 4.79 Å². The largest absolute Gasteiger partial charge is 0.290 e. The minimum Gasteiger partial charge on any atom is -0.290 e. The van der Waals surface area contributed by atoms with Crippen LogP contribution >= 0.6 is 22.6 Å². The number of ketones is 1. The minimum atomic E-state index is -0.0498. The molecule has 0 spiro atoms. The molecule has 2 aromatic rings. The average molecular weight is 338 g/mol. The zero-order chi connectivity index (χ0) is 12.3. The van der Waals surface area contributed by atoms with Crippen LogP contribution in [0.1, 0.15) is 21.7 Å². The van der Waals surface area contributed by atoms with Gasteiger partial charge in [0.1, 0.15) is 0 Å². The number of rotatable bonds is 3. The van der Waals surface area contributed by atoms with E-state index in [1.54, 1.807) is 12.4 Å². The fourth-order valence-electron chi connectivity index (χ4n) is 1.40. The van der Waals surface area contributed by atoms with Crippen LogP contribution in [0.25, 0.3) is 0 Å². The van der Waals surface area contributed by atoms with Crippen LogP contribution in [0.2, 0.25) is 0 Å². The maximum atomic E-state index is 11.9. The number of hydrogen-bond acceptors (Lipinski definition) is 3. The van der Waals surface area contributed by atoms with E-state index < -0.39 is 0 Å². The Labute approximate surface area is 113 Å². The van der Waals surface area contributed by atoms with E-state index in [-0.39, 0.29) is 11.6 Å². The van der Waals surface area contributed by atoms with Crippen LogP contribution in [0.3, 0.4) is 0 Å². The molecule has 0 bridgehead atoms. The lowest BCUT2D eigenvalue weighted by Gasteiger charge is -2.01. The van der Waals surface area contributed by atoms with Crippen molar-refractivity contribution in [1.82, 2.24) is 9.97 Å². The summed E-state index contributed by atoms with van der Waals surface area (Å²) in [6, 6.07) is 7.88. The quantitative estimate of drug-likeness (QED) is 0.639. The van der Waals surface area contributed by atoms with E-state index in [1.807, 2.05) is 31.2 Å². The highest BCUT2D eigenvalue weighted by Crippen LogP contribution is 2.09. The Bertz CT molecular complexity index is 520. The minimum absolute atomic E-state index is 0.0498. The number of nitrogens with zero attached hydrogens (tertiary/aromatic N) is 2. The number of carbonyl (C=O) groups excluding carboxylic acids is 1. The summed E-state index contributed by atoms with van der Waals surface area (Å²) >= 11 is 2.24. The molecular weight excluding hydrogens is 327 g/mol. The van der Waals surface area contributed by atoms with Crippen LogP contribution in [-0.4, -0.2) is 15.8 Å². The molecule has 0 fully saturated rings. The number of aryl methyl sites for hydroxylation is 1. The predicted molar refractivity (Wildman–Crippen MR) is 74.0 cm³/mol. The Balaban J connectivity index is 2.11. The maximum Gasteiger partial charge on any atom is 0.204 e.